The Morgan fingerprint density at radius 2 is 1.21 bits per heavy atom. The molecule has 1 unspecified atom stereocenters. The first kappa shape index (κ1) is 40.0. The first-order chi connectivity index (χ1) is 25.0. The molecule has 292 valence electrons. The maximum Gasteiger partial charge on any atom is 0.414 e. The molecule has 0 spiro atoms. The van der Waals surface area contributed by atoms with Gasteiger partial charge in [0.2, 0.25) is 5.91 Å². The number of carbonyl (C=O) groups is 3. The molecular weight excluding hydrogens is 688 g/mol. The van der Waals surface area contributed by atoms with Crippen molar-refractivity contribution in [2.75, 3.05) is 98.3 Å². The van der Waals surface area contributed by atoms with Crippen molar-refractivity contribution in [2.24, 2.45) is 0 Å². The number of piperazine rings is 1. The summed E-state index contributed by atoms with van der Waals surface area (Å²) in [5.41, 5.74) is 2.15. The fourth-order valence-corrected chi connectivity index (χ4v) is 6.62. The number of nitrogens with one attached hydrogen (secondary N) is 2. The Morgan fingerprint density at radius 1 is 0.736 bits per heavy atom. The van der Waals surface area contributed by atoms with Gasteiger partial charge in [-0.15, -0.1) is 0 Å². The van der Waals surface area contributed by atoms with E-state index in [-0.39, 0.29) is 47.8 Å². The number of hydrogen-bond acceptors (Lipinski definition) is 10. The van der Waals surface area contributed by atoms with E-state index in [1.807, 2.05) is 9.80 Å². The van der Waals surface area contributed by atoms with Crippen LogP contribution in [0.5, 0.6) is 0 Å². The summed E-state index contributed by atoms with van der Waals surface area (Å²) in [6, 6.07) is 9.76. The zero-order valence-electron chi connectivity index (χ0n) is 32.0. The summed E-state index contributed by atoms with van der Waals surface area (Å²) < 4.78 is 45.3. The third-order valence-corrected chi connectivity index (χ3v) is 9.59. The van der Waals surface area contributed by atoms with E-state index in [4.69, 9.17) is 14.2 Å². The van der Waals surface area contributed by atoms with Gasteiger partial charge in [-0.25, -0.2) is 18.4 Å². The van der Waals surface area contributed by atoms with Crippen LogP contribution in [-0.2, 0) is 19.0 Å². The molecule has 4 aliphatic rings. The number of carbonyl (C=O) groups excluding carboxylic acids is 3. The number of ether oxygens (including phenoxy) is 3. The molecule has 2 N–H and O–H groups in total. The monoisotopic (exact) mass is 743 g/mol. The van der Waals surface area contributed by atoms with Crippen LogP contribution in [0.1, 0.15) is 48.5 Å². The highest BCUT2D eigenvalue weighted by Crippen LogP contribution is 2.30. The summed E-state index contributed by atoms with van der Waals surface area (Å²) >= 11 is 0. The highest BCUT2D eigenvalue weighted by atomic mass is 19.1. The SMILES string of the molecule is CC(=O)NC[C@H]1CN(c2ccc(N3CCN(C(C)(C)C)CC3)c(F)c2)C(=O)O1.CC(C)(C)NCC1CN(c2ccc(N3CCOCC3)c(F)c2)C(=O)O1. The molecule has 4 fully saturated rings. The summed E-state index contributed by atoms with van der Waals surface area (Å²) in [4.78, 5) is 44.5. The van der Waals surface area contributed by atoms with Gasteiger partial charge in [0.25, 0.3) is 0 Å². The molecule has 0 aliphatic carbocycles. The van der Waals surface area contributed by atoms with Gasteiger partial charge in [-0.05, 0) is 77.9 Å². The normalized spacial score (nSPS) is 21.3. The number of amides is 3. The van der Waals surface area contributed by atoms with E-state index < -0.39 is 18.3 Å². The average molecular weight is 744 g/mol. The second kappa shape index (κ2) is 16.9. The quantitative estimate of drug-likeness (QED) is 0.398. The smallest absolute Gasteiger partial charge is 0.414 e. The first-order valence-corrected chi connectivity index (χ1v) is 18.4. The Bertz CT molecular complexity index is 1600. The molecule has 0 radical (unpaired) electrons. The van der Waals surface area contributed by atoms with Gasteiger partial charge in [0.05, 0.1) is 55.6 Å². The van der Waals surface area contributed by atoms with Crippen LogP contribution in [0.2, 0.25) is 0 Å². The Kier molecular flexibility index (Phi) is 12.7. The lowest BCUT2D eigenvalue weighted by Gasteiger charge is -2.43. The van der Waals surface area contributed by atoms with Crippen LogP contribution in [-0.4, -0.2) is 125 Å². The molecule has 0 saturated carbocycles. The summed E-state index contributed by atoms with van der Waals surface area (Å²) in [5.74, 6) is -0.861. The Balaban J connectivity index is 0.000000206. The fraction of sp³-hybridized carbons (Fsp3) is 0.605. The van der Waals surface area contributed by atoms with E-state index in [1.165, 1.54) is 28.9 Å². The van der Waals surface area contributed by atoms with Crippen molar-refractivity contribution < 1.29 is 37.4 Å². The number of rotatable bonds is 8. The van der Waals surface area contributed by atoms with Crippen LogP contribution in [0.4, 0.5) is 41.1 Å². The highest BCUT2D eigenvalue weighted by molar-refractivity contribution is 5.91. The van der Waals surface area contributed by atoms with Crippen LogP contribution in [0.3, 0.4) is 0 Å². The predicted molar refractivity (Wildman–Crippen MR) is 201 cm³/mol. The van der Waals surface area contributed by atoms with E-state index in [0.29, 0.717) is 62.1 Å². The lowest BCUT2D eigenvalue weighted by molar-refractivity contribution is -0.119. The predicted octanol–water partition coefficient (Wildman–Crippen LogP) is 4.58. The largest absolute Gasteiger partial charge is 0.443 e. The number of anilines is 4. The van der Waals surface area contributed by atoms with Gasteiger partial charge in [0.15, 0.2) is 0 Å². The average Bonchev–Trinajstić information content (AvgIpc) is 3.67. The van der Waals surface area contributed by atoms with Gasteiger partial charge in [-0.3, -0.25) is 19.5 Å². The minimum atomic E-state index is -0.527. The maximum atomic E-state index is 14.8. The van der Waals surface area contributed by atoms with Crippen molar-refractivity contribution in [2.45, 2.75) is 71.8 Å². The summed E-state index contributed by atoms with van der Waals surface area (Å²) in [7, 11) is 0. The molecule has 0 bridgehead atoms. The molecule has 15 heteroatoms. The number of benzene rings is 2. The van der Waals surface area contributed by atoms with Crippen LogP contribution in [0, 0.1) is 11.6 Å². The topological polar surface area (TPSA) is 119 Å². The lowest BCUT2D eigenvalue weighted by Crippen LogP contribution is -2.53. The Labute approximate surface area is 311 Å². The van der Waals surface area contributed by atoms with Crippen molar-refractivity contribution in [3.05, 3.63) is 48.0 Å². The van der Waals surface area contributed by atoms with Crippen LogP contribution in [0.25, 0.3) is 0 Å². The number of halogens is 2. The van der Waals surface area contributed by atoms with E-state index >= 15 is 0 Å². The zero-order chi connectivity index (χ0) is 38.5. The molecule has 2 atom stereocenters. The van der Waals surface area contributed by atoms with E-state index in [0.717, 1.165) is 26.2 Å². The second-order valence-electron chi connectivity index (χ2n) is 15.8. The molecule has 4 heterocycles. The van der Waals surface area contributed by atoms with Crippen LogP contribution in [0.15, 0.2) is 36.4 Å². The minimum Gasteiger partial charge on any atom is -0.443 e. The molecular formula is C38H55F2N7O6. The van der Waals surface area contributed by atoms with Crippen LogP contribution >= 0.6 is 0 Å². The minimum absolute atomic E-state index is 0.0499. The third-order valence-electron chi connectivity index (χ3n) is 9.59. The highest BCUT2D eigenvalue weighted by Gasteiger charge is 2.35. The third kappa shape index (κ3) is 10.7. The fourth-order valence-electron chi connectivity index (χ4n) is 6.62. The first-order valence-electron chi connectivity index (χ1n) is 18.4. The number of nitrogens with zero attached hydrogens (tertiary/aromatic N) is 5. The Hall–Kier alpha value is -4.21. The maximum absolute atomic E-state index is 14.8. The van der Waals surface area contributed by atoms with Crippen molar-refractivity contribution >= 4 is 40.8 Å². The van der Waals surface area contributed by atoms with Gasteiger partial charge < -0.3 is 34.6 Å². The summed E-state index contributed by atoms with van der Waals surface area (Å²) in [5, 5.41) is 5.95. The van der Waals surface area contributed by atoms with Crippen molar-refractivity contribution in [1.82, 2.24) is 15.5 Å². The molecule has 4 saturated heterocycles. The summed E-state index contributed by atoms with van der Waals surface area (Å²) in [6.45, 7) is 21.5. The zero-order valence-corrected chi connectivity index (χ0v) is 32.0. The molecule has 2 aromatic rings. The van der Waals surface area contributed by atoms with Gasteiger partial charge >= 0.3 is 12.2 Å². The Morgan fingerprint density at radius 3 is 1.64 bits per heavy atom. The van der Waals surface area contributed by atoms with Gasteiger partial charge in [-0.1, -0.05) is 0 Å². The molecule has 13 nitrogen and oxygen atoms in total. The number of morpholine rings is 1. The van der Waals surface area contributed by atoms with Crippen molar-refractivity contribution in [3.8, 4) is 0 Å². The molecule has 4 aliphatic heterocycles. The van der Waals surface area contributed by atoms with Crippen molar-refractivity contribution in [3.63, 3.8) is 0 Å². The van der Waals surface area contributed by atoms with Crippen molar-refractivity contribution in [1.29, 1.82) is 0 Å². The van der Waals surface area contributed by atoms with E-state index in [2.05, 4.69) is 57.1 Å². The van der Waals surface area contributed by atoms with Crippen LogP contribution < -0.4 is 30.2 Å². The van der Waals surface area contributed by atoms with E-state index in [9.17, 15) is 23.2 Å². The molecule has 3 amide bonds. The van der Waals surface area contributed by atoms with Gasteiger partial charge in [-0.2, -0.15) is 0 Å². The molecule has 2 aromatic carbocycles. The lowest BCUT2D eigenvalue weighted by atomic mass is 10.0. The second-order valence-corrected chi connectivity index (χ2v) is 15.8. The van der Waals surface area contributed by atoms with Gasteiger partial charge in [0, 0.05) is 63.8 Å². The standard InChI is InChI=1S/C20H29FN4O3.C18H26FN3O3/c1-14(26)22-12-16-13-25(19(27)28-16)15-5-6-18(17(21)11-15)23-7-9-24(10-8-23)20(2,3)4;1-18(2,3)20-11-14-12-22(17(23)25-14)13-4-5-16(15(19)10-13)21-6-8-24-9-7-21/h5-6,11,16H,7-10,12-13H2,1-4H3,(H,22,26);4-5,10,14,20H,6-9,11-12H2,1-3H3/t16-;/m0./s1. The molecule has 53 heavy (non-hydrogen) atoms. The van der Waals surface area contributed by atoms with E-state index in [1.54, 1.807) is 24.3 Å². The molecule has 6 rings (SSSR count). The van der Waals surface area contributed by atoms with Gasteiger partial charge in [0.1, 0.15) is 23.8 Å². The number of cyclic esters (lactones) is 2. The molecule has 0 aromatic heterocycles. The summed E-state index contributed by atoms with van der Waals surface area (Å²) in [6.07, 6.45) is -1.64. The number of hydrogen-bond donors (Lipinski definition) is 2.